The van der Waals surface area contributed by atoms with E-state index in [0.717, 1.165) is 0 Å². The predicted molar refractivity (Wildman–Crippen MR) is 43.2 cm³/mol. The molecule has 0 amide bonds. The molecule has 1 atom stereocenters. The van der Waals surface area contributed by atoms with E-state index in [1.165, 1.54) is 13.8 Å². The average molecular weight is 206 g/mol. The van der Waals surface area contributed by atoms with Crippen LogP contribution in [0.3, 0.4) is 0 Å². The molecule has 0 aliphatic rings. The minimum absolute atomic E-state index is 0.0554. The lowest BCUT2D eigenvalue weighted by Crippen LogP contribution is -2.34. The Balaban J connectivity index is 4.24. The summed E-state index contributed by atoms with van der Waals surface area (Å²) in [6.07, 6.45) is -2.59. The van der Waals surface area contributed by atoms with Gasteiger partial charge in [-0.15, -0.1) is 0 Å². The van der Waals surface area contributed by atoms with Crippen LogP contribution < -0.4 is 0 Å². The average Bonchev–Trinajstić information content (AvgIpc) is 2.16. The van der Waals surface area contributed by atoms with Crippen LogP contribution >= 0.6 is 0 Å². The molecule has 0 bridgehead atoms. The zero-order valence-corrected chi connectivity index (χ0v) is 7.91. The molecule has 14 heavy (non-hydrogen) atoms. The molecule has 0 aromatic rings. The molecule has 6 heteroatoms. The number of carbonyl (C=O) groups excluding carboxylic acids is 3. The number of hydrogen-bond donors (Lipinski definition) is 0. The standard InChI is InChI=1S/C8H11FO5/c1-3-13-7(11)5(9)6(10)8(12)14-4-2/h5H,3-4H2,1-2H3/t5-/m0/s1. The number of ketones is 1. The van der Waals surface area contributed by atoms with E-state index in [9.17, 15) is 18.8 Å². The number of rotatable bonds is 5. The van der Waals surface area contributed by atoms with Crippen LogP contribution in [0.1, 0.15) is 13.8 Å². The van der Waals surface area contributed by atoms with Gasteiger partial charge < -0.3 is 9.47 Å². The highest BCUT2D eigenvalue weighted by Crippen LogP contribution is 1.99. The van der Waals surface area contributed by atoms with E-state index in [1.807, 2.05) is 0 Å². The molecule has 5 nitrogen and oxygen atoms in total. The Hall–Kier alpha value is -1.46. The highest BCUT2D eigenvalue weighted by molar-refractivity contribution is 6.39. The second-order valence-electron chi connectivity index (χ2n) is 2.20. The minimum atomic E-state index is -2.59. The lowest BCUT2D eigenvalue weighted by Gasteiger charge is -2.05. The molecule has 80 valence electrons. The minimum Gasteiger partial charge on any atom is -0.463 e. The Morgan fingerprint density at radius 3 is 2.07 bits per heavy atom. The third kappa shape index (κ3) is 3.51. The third-order valence-electron chi connectivity index (χ3n) is 1.20. The Labute approximate surface area is 80.2 Å². The van der Waals surface area contributed by atoms with E-state index < -0.39 is 23.9 Å². The van der Waals surface area contributed by atoms with Crippen LogP contribution in [-0.4, -0.2) is 37.1 Å². The van der Waals surface area contributed by atoms with Gasteiger partial charge >= 0.3 is 11.9 Å². The van der Waals surface area contributed by atoms with Crippen LogP contribution in [0.5, 0.6) is 0 Å². The molecule has 0 aliphatic heterocycles. The topological polar surface area (TPSA) is 69.7 Å². The number of carbonyl (C=O) groups is 3. The Kier molecular flexibility index (Phi) is 5.43. The zero-order chi connectivity index (χ0) is 11.1. The molecule has 0 saturated carbocycles. The monoisotopic (exact) mass is 206 g/mol. The van der Waals surface area contributed by atoms with Gasteiger partial charge in [0.25, 0.3) is 12.0 Å². The Morgan fingerprint density at radius 1 is 1.14 bits per heavy atom. The molecule has 0 heterocycles. The molecule has 0 rings (SSSR count). The van der Waals surface area contributed by atoms with Gasteiger partial charge in [-0.05, 0) is 13.8 Å². The van der Waals surface area contributed by atoms with Crippen molar-refractivity contribution in [1.29, 1.82) is 0 Å². The van der Waals surface area contributed by atoms with Crippen LogP contribution in [0.25, 0.3) is 0 Å². The maximum atomic E-state index is 12.8. The van der Waals surface area contributed by atoms with Crippen molar-refractivity contribution in [2.45, 2.75) is 20.0 Å². The van der Waals surface area contributed by atoms with Crippen molar-refractivity contribution < 1.29 is 28.2 Å². The molecule has 0 radical (unpaired) electrons. The summed E-state index contributed by atoms with van der Waals surface area (Å²) in [4.78, 5) is 32.1. The quantitative estimate of drug-likeness (QED) is 0.360. The summed E-state index contributed by atoms with van der Waals surface area (Å²) < 4.78 is 21.3. The fraction of sp³-hybridized carbons (Fsp3) is 0.625. The molecule has 0 aromatic heterocycles. The van der Waals surface area contributed by atoms with Gasteiger partial charge in [0, 0.05) is 0 Å². The van der Waals surface area contributed by atoms with Crippen molar-refractivity contribution >= 4 is 17.7 Å². The number of esters is 2. The fourth-order valence-electron chi connectivity index (χ4n) is 0.628. The molecule has 0 unspecified atom stereocenters. The molecular weight excluding hydrogens is 195 g/mol. The normalized spacial score (nSPS) is 11.6. The van der Waals surface area contributed by atoms with E-state index in [1.54, 1.807) is 0 Å². The van der Waals surface area contributed by atoms with Crippen LogP contribution in [0.15, 0.2) is 0 Å². The van der Waals surface area contributed by atoms with Crippen LogP contribution in [0, 0.1) is 0 Å². The SMILES string of the molecule is CCOC(=O)C(=O)[C@H](F)C(=O)OCC. The molecular formula is C8H11FO5. The summed E-state index contributed by atoms with van der Waals surface area (Å²) in [6, 6.07) is 0. The number of Topliss-reactive ketones (excluding diaryl/α,β-unsaturated/α-hetero) is 1. The highest BCUT2D eigenvalue weighted by atomic mass is 19.1. The summed E-state index contributed by atoms with van der Waals surface area (Å²) >= 11 is 0. The van der Waals surface area contributed by atoms with E-state index >= 15 is 0 Å². The van der Waals surface area contributed by atoms with E-state index in [0.29, 0.717) is 0 Å². The summed E-state index contributed by atoms with van der Waals surface area (Å²) in [5.41, 5.74) is 0. The maximum Gasteiger partial charge on any atom is 0.378 e. The number of hydrogen-bond acceptors (Lipinski definition) is 5. The van der Waals surface area contributed by atoms with Crippen LogP contribution in [-0.2, 0) is 23.9 Å². The molecule has 0 aliphatic carbocycles. The number of alkyl halides is 1. The highest BCUT2D eigenvalue weighted by Gasteiger charge is 2.33. The third-order valence-corrected chi connectivity index (χ3v) is 1.20. The van der Waals surface area contributed by atoms with Crippen molar-refractivity contribution in [3.05, 3.63) is 0 Å². The van der Waals surface area contributed by atoms with Gasteiger partial charge in [0.05, 0.1) is 13.2 Å². The van der Waals surface area contributed by atoms with Gasteiger partial charge in [-0.3, -0.25) is 4.79 Å². The molecule has 0 saturated heterocycles. The van der Waals surface area contributed by atoms with Crippen molar-refractivity contribution in [1.82, 2.24) is 0 Å². The van der Waals surface area contributed by atoms with Crippen LogP contribution in [0.4, 0.5) is 4.39 Å². The number of ether oxygens (including phenoxy) is 2. The molecule has 0 spiro atoms. The smallest absolute Gasteiger partial charge is 0.378 e. The first kappa shape index (κ1) is 12.5. The number of halogens is 1. The lowest BCUT2D eigenvalue weighted by molar-refractivity contribution is -0.162. The first-order valence-corrected chi connectivity index (χ1v) is 4.06. The predicted octanol–water partition coefficient (Wildman–Crippen LogP) is 0.0198. The Bertz CT molecular complexity index is 238. The maximum absolute atomic E-state index is 12.8. The second-order valence-corrected chi connectivity index (χ2v) is 2.20. The van der Waals surface area contributed by atoms with Gasteiger partial charge in [-0.25, -0.2) is 14.0 Å². The van der Waals surface area contributed by atoms with Crippen molar-refractivity contribution in [3.63, 3.8) is 0 Å². The molecule has 0 N–H and O–H groups in total. The van der Waals surface area contributed by atoms with E-state index in [4.69, 9.17) is 0 Å². The fourth-order valence-corrected chi connectivity index (χ4v) is 0.628. The zero-order valence-electron chi connectivity index (χ0n) is 7.91. The molecule has 0 aromatic carbocycles. The van der Waals surface area contributed by atoms with E-state index in [2.05, 4.69) is 9.47 Å². The van der Waals surface area contributed by atoms with Gasteiger partial charge in [-0.2, -0.15) is 0 Å². The van der Waals surface area contributed by atoms with Crippen LogP contribution in [0.2, 0.25) is 0 Å². The first-order chi connectivity index (χ1) is 6.54. The van der Waals surface area contributed by atoms with Crippen molar-refractivity contribution in [2.24, 2.45) is 0 Å². The van der Waals surface area contributed by atoms with Crippen molar-refractivity contribution in [3.8, 4) is 0 Å². The summed E-state index contributed by atoms with van der Waals surface area (Å²) in [5, 5.41) is 0. The molecule has 0 fully saturated rings. The Morgan fingerprint density at radius 2 is 1.64 bits per heavy atom. The summed E-state index contributed by atoms with van der Waals surface area (Å²) in [7, 11) is 0. The first-order valence-electron chi connectivity index (χ1n) is 4.06. The lowest BCUT2D eigenvalue weighted by atomic mass is 10.2. The van der Waals surface area contributed by atoms with Gasteiger partial charge in [0.1, 0.15) is 0 Å². The van der Waals surface area contributed by atoms with Gasteiger partial charge in [0.15, 0.2) is 0 Å². The van der Waals surface area contributed by atoms with Crippen molar-refractivity contribution in [2.75, 3.05) is 13.2 Å². The van der Waals surface area contributed by atoms with Gasteiger partial charge in [-0.1, -0.05) is 0 Å². The summed E-state index contributed by atoms with van der Waals surface area (Å²) in [6.45, 7) is 2.80. The van der Waals surface area contributed by atoms with Gasteiger partial charge in [0.2, 0.25) is 0 Å². The largest absolute Gasteiger partial charge is 0.463 e. The summed E-state index contributed by atoms with van der Waals surface area (Å²) in [5.74, 6) is -4.27. The van der Waals surface area contributed by atoms with E-state index in [-0.39, 0.29) is 13.2 Å². The second kappa shape index (κ2) is 6.06.